The number of ether oxygens (including phenoxy) is 1. The van der Waals surface area contributed by atoms with Gasteiger partial charge in [-0.05, 0) is 44.0 Å². The first-order chi connectivity index (χ1) is 13.7. The Morgan fingerprint density at radius 1 is 0.897 bits per heavy atom. The van der Waals surface area contributed by atoms with Gasteiger partial charge < -0.3 is 10.1 Å². The Labute approximate surface area is 168 Å². The Balaban J connectivity index is 1.58. The van der Waals surface area contributed by atoms with Crippen molar-refractivity contribution in [1.82, 2.24) is 15.1 Å². The largest absolute Gasteiger partial charge is 0.573 e. The molecule has 0 amide bonds. The lowest BCUT2D eigenvalue weighted by Crippen LogP contribution is -2.17. The zero-order chi connectivity index (χ0) is 21.0. The molecule has 3 aromatic rings. The lowest BCUT2D eigenvalue weighted by Gasteiger charge is -2.10. The first-order valence-corrected chi connectivity index (χ1v) is 9.35. The number of hydrogen-bond acceptors (Lipinski definition) is 3. The molecule has 0 atom stereocenters. The monoisotopic (exact) mass is 403 g/mol. The zero-order valence-corrected chi connectivity index (χ0v) is 16.7. The van der Waals surface area contributed by atoms with Crippen LogP contribution >= 0.6 is 0 Å². The molecule has 3 rings (SSSR count). The van der Waals surface area contributed by atoms with E-state index in [0.29, 0.717) is 19.6 Å². The average molecular weight is 403 g/mol. The van der Waals surface area contributed by atoms with E-state index in [9.17, 15) is 13.2 Å². The molecule has 1 N–H and O–H groups in total. The summed E-state index contributed by atoms with van der Waals surface area (Å²) < 4.78 is 42.6. The predicted molar refractivity (Wildman–Crippen MR) is 106 cm³/mol. The number of alkyl halides is 3. The Morgan fingerprint density at radius 3 is 2.14 bits per heavy atom. The molecule has 0 bridgehead atoms. The van der Waals surface area contributed by atoms with Crippen LogP contribution in [0.5, 0.6) is 5.75 Å². The first kappa shape index (κ1) is 20.9. The van der Waals surface area contributed by atoms with E-state index in [0.717, 1.165) is 22.5 Å². The van der Waals surface area contributed by atoms with Crippen LogP contribution < -0.4 is 10.1 Å². The summed E-state index contributed by atoms with van der Waals surface area (Å²) in [6.07, 6.45) is -4.67. The Bertz CT molecular complexity index is 945. The van der Waals surface area contributed by atoms with Crippen molar-refractivity contribution in [2.45, 2.75) is 46.8 Å². The van der Waals surface area contributed by atoms with E-state index in [2.05, 4.69) is 53.3 Å². The smallest absolute Gasteiger partial charge is 0.406 e. The number of nitrogens with zero attached hydrogens (tertiary/aromatic N) is 2. The molecule has 7 heteroatoms. The third-order valence-electron chi connectivity index (χ3n) is 4.77. The molecule has 0 aliphatic rings. The molecule has 0 radical (unpaired) electrons. The molecule has 1 heterocycles. The fourth-order valence-corrected chi connectivity index (χ4v) is 3.15. The summed E-state index contributed by atoms with van der Waals surface area (Å²) >= 11 is 0. The number of hydrogen-bond donors (Lipinski definition) is 1. The molecule has 29 heavy (non-hydrogen) atoms. The summed E-state index contributed by atoms with van der Waals surface area (Å²) in [6, 6.07) is 14.3. The van der Waals surface area contributed by atoms with Gasteiger partial charge in [0.05, 0.1) is 12.2 Å². The minimum absolute atomic E-state index is 0.217. The van der Waals surface area contributed by atoms with Crippen LogP contribution in [0, 0.1) is 20.8 Å². The number of aromatic nitrogens is 2. The van der Waals surface area contributed by atoms with Crippen LogP contribution in [0.2, 0.25) is 0 Å². The number of halogens is 3. The maximum absolute atomic E-state index is 12.2. The summed E-state index contributed by atoms with van der Waals surface area (Å²) in [5.41, 5.74) is 6.50. The van der Waals surface area contributed by atoms with Gasteiger partial charge in [-0.3, -0.25) is 4.68 Å². The topological polar surface area (TPSA) is 39.1 Å². The highest BCUT2D eigenvalue weighted by Crippen LogP contribution is 2.23. The third-order valence-corrected chi connectivity index (χ3v) is 4.77. The van der Waals surface area contributed by atoms with Gasteiger partial charge in [-0.15, -0.1) is 13.2 Å². The molecule has 0 unspecified atom stereocenters. The zero-order valence-electron chi connectivity index (χ0n) is 16.7. The van der Waals surface area contributed by atoms with E-state index in [-0.39, 0.29) is 5.75 Å². The Kier molecular flexibility index (Phi) is 6.27. The lowest BCUT2D eigenvalue weighted by molar-refractivity contribution is -0.274. The van der Waals surface area contributed by atoms with Crippen molar-refractivity contribution in [3.8, 4) is 5.75 Å². The summed E-state index contributed by atoms with van der Waals surface area (Å²) in [6.45, 7) is 7.98. The van der Waals surface area contributed by atoms with E-state index in [1.165, 1.54) is 23.3 Å². The molecule has 1 aromatic heterocycles. The Hall–Kier alpha value is -2.80. The van der Waals surface area contributed by atoms with Crippen LogP contribution in [0.4, 0.5) is 13.2 Å². The summed E-state index contributed by atoms with van der Waals surface area (Å²) in [5, 5.41) is 7.99. The molecule has 154 valence electrons. The maximum atomic E-state index is 12.2. The van der Waals surface area contributed by atoms with Crippen molar-refractivity contribution in [2.24, 2.45) is 0 Å². The lowest BCUT2D eigenvalue weighted by atomic mass is 10.1. The molecule has 0 aliphatic carbocycles. The molecule has 2 aromatic carbocycles. The van der Waals surface area contributed by atoms with Crippen molar-refractivity contribution in [3.63, 3.8) is 0 Å². The van der Waals surface area contributed by atoms with Gasteiger partial charge in [-0.1, -0.05) is 42.0 Å². The van der Waals surface area contributed by atoms with Crippen molar-refractivity contribution in [1.29, 1.82) is 0 Å². The highest BCUT2D eigenvalue weighted by atomic mass is 19.4. The molecule has 0 saturated carbocycles. The highest BCUT2D eigenvalue weighted by Gasteiger charge is 2.30. The maximum Gasteiger partial charge on any atom is 0.573 e. The van der Waals surface area contributed by atoms with E-state index in [4.69, 9.17) is 0 Å². The van der Waals surface area contributed by atoms with Crippen molar-refractivity contribution in [3.05, 3.63) is 82.2 Å². The number of nitrogens with one attached hydrogen (secondary N) is 1. The standard InChI is InChI=1S/C22H24F3N3O/c1-15-4-6-19(7-5-15)14-28-17(3)21(16(2)27-28)13-26-12-18-8-10-20(11-9-18)29-22(23,24)25/h4-11,26H,12-14H2,1-3H3. The quantitative estimate of drug-likeness (QED) is 0.600. The normalized spacial score (nSPS) is 11.7. The van der Waals surface area contributed by atoms with Crippen LogP contribution in [-0.2, 0) is 19.6 Å². The minimum Gasteiger partial charge on any atom is -0.406 e. The number of aryl methyl sites for hydroxylation is 2. The molecule has 0 spiro atoms. The van der Waals surface area contributed by atoms with E-state index in [1.807, 2.05) is 11.6 Å². The van der Waals surface area contributed by atoms with Gasteiger partial charge in [0.2, 0.25) is 0 Å². The Morgan fingerprint density at radius 2 is 1.52 bits per heavy atom. The van der Waals surface area contributed by atoms with Gasteiger partial charge in [0.15, 0.2) is 0 Å². The predicted octanol–water partition coefficient (Wildman–Crippen LogP) is 5.05. The summed E-state index contributed by atoms with van der Waals surface area (Å²) in [4.78, 5) is 0. The van der Waals surface area contributed by atoms with Gasteiger partial charge in [0.1, 0.15) is 5.75 Å². The van der Waals surface area contributed by atoms with Crippen LogP contribution in [0.3, 0.4) is 0 Å². The fraction of sp³-hybridized carbons (Fsp3) is 0.318. The average Bonchev–Trinajstić information content (AvgIpc) is 2.91. The van der Waals surface area contributed by atoms with Crippen LogP contribution in [0.1, 0.15) is 33.6 Å². The molecule has 0 fully saturated rings. The van der Waals surface area contributed by atoms with Crippen molar-refractivity contribution >= 4 is 0 Å². The molecule has 4 nitrogen and oxygen atoms in total. The third kappa shape index (κ3) is 5.84. The van der Waals surface area contributed by atoms with Gasteiger partial charge in [-0.2, -0.15) is 5.10 Å². The summed E-state index contributed by atoms with van der Waals surface area (Å²) in [5.74, 6) is -0.217. The van der Waals surface area contributed by atoms with E-state index in [1.54, 1.807) is 12.1 Å². The van der Waals surface area contributed by atoms with Gasteiger partial charge >= 0.3 is 6.36 Å². The van der Waals surface area contributed by atoms with Crippen LogP contribution in [0.15, 0.2) is 48.5 Å². The minimum atomic E-state index is -4.67. The second kappa shape index (κ2) is 8.69. The van der Waals surface area contributed by atoms with Gasteiger partial charge in [-0.25, -0.2) is 0 Å². The molecular weight excluding hydrogens is 379 g/mol. The van der Waals surface area contributed by atoms with Gasteiger partial charge in [0.25, 0.3) is 0 Å². The van der Waals surface area contributed by atoms with Crippen molar-refractivity contribution in [2.75, 3.05) is 0 Å². The molecule has 0 aliphatic heterocycles. The van der Waals surface area contributed by atoms with E-state index >= 15 is 0 Å². The SMILES string of the molecule is Cc1ccc(Cn2nc(C)c(CNCc3ccc(OC(F)(F)F)cc3)c2C)cc1. The van der Waals surface area contributed by atoms with Gasteiger partial charge in [0, 0.05) is 24.3 Å². The number of benzene rings is 2. The summed E-state index contributed by atoms with van der Waals surface area (Å²) in [7, 11) is 0. The highest BCUT2D eigenvalue weighted by molar-refractivity contribution is 5.29. The van der Waals surface area contributed by atoms with Crippen LogP contribution in [-0.4, -0.2) is 16.1 Å². The second-order valence-electron chi connectivity index (χ2n) is 7.09. The molecular formula is C22H24F3N3O. The van der Waals surface area contributed by atoms with Crippen LogP contribution in [0.25, 0.3) is 0 Å². The van der Waals surface area contributed by atoms with Crippen molar-refractivity contribution < 1.29 is 17.9 Å². The first-order valence-electron chi connectivity index (χ1n) is 9.35. The molecule has 0 saturated heterocycles. The second-order valence-corrected chi connectivity index (χ2v) is 7.09. The number of rotatable bonds is 7. The van der Waals surface area contributed by atoms with E-state index < -0.39 is 6.36 Å². The fourth-order valence-electron chi connectivity index (χ4n) is 3.15.